The van der Waals surface area contributed by atoms with Crippen LogP contribution in [0.2, 0.25) is 5.02 Å². The van der Waals surface area contributed by atoms with Gasteiger partial charge in [0.15, 0.2) is 0 Å². The lowest BCUT2D eigenvalue weighted by Crippen LogP contribution is -2.17. The van der Waals surface area contributed by atoms with Crippen LogP contribution in [0.5, 0.6) is 0 Å². The smallest absolute Gasteiger partial charge is 0.417 e. The minimum Gasteiger partial charge on any atom is -0.481 e. The molecule has 4 nitrogen and oxygen atoms in total. The Bertz CT molecular complexity index is 574. The highest BCUT2D eigenvalue weighted by molar-refractivity contribution is 6.31. The molecular formula is C12H9ClF3NO3. The van der Waals surface area contributed by atoms with Crippen LogP contribution >= 0.6 is 11.6 Å². The van der Waals surface area contributed by atoms with E-state index in [0.29, 0.717) is 0 Å². The molecule has 1 aromatic rings. The summed E-state index contributed by atoms with van der Waals surface area (Å²) in [7, 11) is 0. The Kier molecular flexibility index (Phi) is 3.64. The molecule has 2 unspecified atom stereocenters. The van der Waals surface area contributed by atoms with Gasteiger partial charge in [-0.25, -0.2) is 0 Å². The fourth-order valence-corrected chi connectivity index (χ4v) is 2.04. The number of amides is 1. The first-order valence-corrected chi connectivity index (χ1v) is 5.98. The molecule has 1 fully saturated rings. The van der Waals surface area contributed by atoms with Gasteiger partial charge in [-0.2, -0.15) is 13.2 Å². The molecule has 1 aromatic carbocycles. The second-order valence-electron chi connectivity index (χ2n) is 4.47. The van der Waals surface area contributed by atoms with E-state index in [1.807, 2.05) is 0 Å². The fourth-order valence-electron chi connectivity index (χ4n) is 1.81. The van der Waals surface area contributed by atoms with Gasteiger partial charge in [-0.15, -0.1) is 0 Å². The van der Waals surface area contributed by atoms with Crippen molar-refractivity contribution in [3.8, 4) is 0 Å². The molecule has 1 saturated carbocycles. The highest BCUT2D eigenvalue weighted by Crippen LogP contribution is 2.40. The lowest BCUT2D eigenvalue weighted by atomic mass is 10.2. The van der Waals surface area contributed by atoms with Crippen LogP contribution in [0.1, 0.15) is 12.0 Å². The van der Waals surface area contributed by atoms with Crippen molar-refractivity contribution < 1.29 is 27.9 Å². The Balaban J connectivity index is 2.11. The standard InChI is InChI=1S/C12H9ClF3NO3/c13-9-2-1-5(3-8(9)12(14,15)16)17-10(18)6-4-7(6)11(19)20/h1-3,6-7H,4H2,(H,17,18)(H,19,20). The van der Waals surface area contributed by atoms with Gasteiger partial charge >= 0.3 is 12.1 Å². The number of carbonyl (C=O) groups excluding carboxylic acids is 1. The number of hydrogen-bond acceptors (Lipinski definition) is 2. The number of alkyl halides is 3. The Hall–Kier alpha value is -1.76. The van der Waals surface area contributed by atoms with Gasteiger partial charge in [0.25, 0.3) is 0 Å². The zero-order chi connectivity index (χ0) is 15.1. The summed E-state index contributed by atoms with van der Waals surface area (Å²) >= 11 is 5.45. The number of carboxylic acid groups (broad SMARTS) is 1. The normalized spacial score (nSPS) is 21.4. The highest BCUT2D eigenvalue weighted by atomic mass is 35.5. The van der Waals surface area contributed by atoms with E-state index >= 15 is 0 Å². The van der Waals surface area contributed by atoms with E-state index in [-0.39, 0.29) is 12.1 Å². The van der Waals surface area contributed by atoms with Crippen LogP contribution in [0.3, 0.4) is 0 Å². The topological polar surface area (TPSA) is 66.4 Å². The van der Waals surface area contributed by atoms with Gasteiger partial charge in [-0.1, -0.05) is 11.6 Å². The zero-order valence-electron chi connectivity index (χ0n) is 9.87. The summed E-state index contributed by atoms with van der Waals surface area (Å²) < 4.78 is 37.9. The number of carboxylic acids is 1. The molecule has 2 atom stereocenters. The molecule has 0 saturated heterocycles. The number of benzene rings is 1. The van der Waals surface area contributed by atoms with E-state index in [0.717, 1.165) is 12.1 Å². The van der Waals surface area contributed by atoms with Crippen molar-refractivity contribution in [3.63, 3.8) is 0 Å². The van der Waals surface area contributed by atoms with E-state index in [9.17, 15) is 22.8 Å². The molecule has 1 aliphatic carbocycles. The van der Waals surface area contributed by atoms with Crippen molar-refractivity contribution in [2.45, 2.75) is 12.6 Å². The quantitative estimate of drug-likeness (QED) is 0.902. The summed E-state index contributed by atoms with van der Waals surface area (Å²) in [5, 5.41) is 10.5. The average Bonchev–Trinajstić information content (AvgIpc) is 3.10. The monoisotopic (exact) mass is 307 g/mol. The molecular weight excluding hydrogens is 299 g/mol. The van der Waals surface area contributed by atoms with Crippen molar-refractivity contribution >= 4 is 29.2 Å². The van der Waals surface area contributed by atoms with E-state index in [2.05, 4.69) is 5.32 Å². The number of aliphatic carboxylic acids is 1. The number of nitrogens with one attached hydrogen (secondary N) is 1. The van der Waals surface area contributed by atoms with Gasteiger partial charge in [-0.3, -0.25) is 9.59 Å². The van der Waals surface area contributed by atoms with Crippen LogP contribution in [0.4, 0.5) is 18.9 Å². The highest BCUT2D eigenvalue weighted by Gasteiger charge is 2.48. The third kappa shape index (κ3) is 3.04. The third-order valence-corrected chi connectivity index (χ3v) is 3.31. The first-order chi connectivity index (χ1) is 9.20. The van der Waals surface area contributed by atoms with E-state index < -0.39 is 40.5 Å². The Labute approximate surface area is 116 Å². The summed E-state index contributed by atoms with van der Waals surface area (Å²) in [5.74, 6) is -3.15. The van der Waals surface area contributed by atoms with Crippen LogP contribution in [0.15, 0.2) is 18.2 Å². The van der Waals surface area contributed by atoms with Gasteiger partial charge in [-0.05, 0) is 24.6 Å². The van der Waals surface area contributed by atoms with Crippen LogP contribution in [-0.2, 0) is 15.8 Å². The van der Waals surface area contributed by atoms with Crippen molar-refractivity contribution in [3.05, 3.63) is 28.8 Å². The molecule has 20 heavy (non-hydrogen) atoms. The van der Waals surface area contributed by atoms with Crippen molar-refractivity contribution in [2.75, 3.05) is 5.32 Å². The van der Waals surface area contributed by atoms with E-state index in [1.54, 1.807) is 0 Å². The maximum absolute atomic E-state index is 12.6. The van der Waals surface area contributed by atoms with Crippen molar-refractivity contribution in [2.24, 2.45) is 11.8 Å². The van der Waals surface area contributed by atoms with Crippen molar-refractivity contribution in [1.82, 2.24) is 0 Å². The Morgan fingerprint density at radius 2 is 1.95 bits per heavy atom. The molecule has 1 amide bonds. The van der Waals surface area contributed by atoms with E-state index in [1.165, 1.54) is 6.07 Å². The molecule has 0 heterocycles. The first-order valence-electron chi connectivity index (χ1n) is 5.60. The van der Waals surface area contributed by atoms with Gasteiger partial charge in [0.05, 0.1) is 22.4 Å². The van der Waals surface area contributed by atoms with Crippen LogP contribution < -0.4 is 5.32 Å². The summed E-state index contributed by atoms with van der Waals surface area (Å²) in [4.78, 5) is 22.3. The predicted molar refractivity (Wildman–Crippen MR) is 64.3 cm³/mol. The molecule has 8 heteroatoms. The lowest BCUT2D eigenvalue weighted by Gasteiger charge is -2.11. The van der Waals surface area contributed by atoms with Crippen LogP contribution in [-0.4, -0.2) is 17.0 Å². The average molecular weight is 308 g/mol. The van der Waals surface area contributed by atoms with E-state index in [4.69, 9.17) is 16.7 Å². The molecule has 0 radical (unpaired) electrons. The van der Waals surface area contributed by atoms with Gasteiger partial charge in [0.1, 0.15) is 0 Å². The number of carbonyl (C=O) groups is 2. The number of rotatable bonds is 3. The molecule has 0 aliphatic heterocycles. The largest absolute Gasteiger partial charge is 0.481 e. The molecule has 0 bridgehead atoms. The molecule has 2 rings (SSSR count). The zero-order valence-corrected chi connectivity index (χ0v) is 10.6. The SMILES string of the molecule is O=C(O)C1CC1C(=O)Nc1ccc(Cl)c(C(F)(F)F)c1. The van der Waals surface area contributed by atoms with Crippen LogP contribution in [0, 0.1) is 11.8 Å². The summed E-state index contributed by atoms with van der Waals surface area (Å²) in [6, 6.07) is 2.98. The van der Waals surface area contributed by atoms with Gasteiger partial charge < -0.3 is 10.4 Å². The minimum atomic E-state index is -4.62. The third-order valence-electron chi connectivity index (χ3n) is 2.98. The number of anilines is 1. The summed E-state index contributed by atoms with van der Waals surface area (Å²) in [5.41, 5.74) is -1.12. The minimum absolute atomic E-state index is 0.0669. The second-order valence-corrected chi connectivity index (χ2v) is 4.88. The molecule has 2 N–H and O–H groups in total. The second kappa shape index (κ2) is 4.97. The maximum atomic E-state index is 12.6. The lowest BCUT2D eigenvalue weighted by molar-refractivity contribution is -0.139. The summed E-state index contributed by atoms with van der Waals surface area (Å²) in [6.45, 7) is 0. The number of halogens is 4. The van der Waals surface area contributed by atoms with Gasteiger partial charge in [0.2, 0.25) is 5.91 Å². The fraction of sp³-hybridized carbons (Fsp3) is 0.333. The molecule has 0 aromatic heterocycles. The van der Waals surface area contributed by atoms with Crippen molar-refractivity contribution in [1.29, 1.82) is 0 Å². The molecule has 108 valence electrons. The Morgan fingerprint density at radius 1 is 1.30 bits per heavy atom. The Morgan fingerprint density at radius 3 is 2.45 bits per heavy atom. The van der Waals surface area contributed by atoms with Gasteiger partial charge in [0, 0.05) is 5.69 Å². The number of hydrogen-bond donors (Lipinski definition) is 2. The first kappa shape index (κ1) is 14.6. The predicted octanol–water partition coefficient (Wildman–Crippen LogP) is 3.02. The molecule has 1 aliphatic rings. The van der Waals surface area contributed by atoms with Crippen LogP contribution in [0.25, 0.3) is 0 Å². The maximum Gasteiger partial charge on any atom is 0.417 e. The summed E-state index contributed by atoms with van der Waals surface area (Å²) in [6.07, 6.45) is -4.43. The molecule has 0 spiro atoms.